The molecule has 0 fully saturated rings. The largest absolute Gasteiger partial charge is 0.508 e. The molecule has 0 atom stereocenters. The number of anilines is 1. The van der Waals surface area contributed by atoms with E-state index in [0.717, 1.165) is 6.07 Å². The van der Waals surface area contributed by atoms with E-state index in [0.29, 0.717) is 28.7 Å². The first kappa shape index (κ1) is 18.7. The van der Waals surface area contributed by atoms with Crippen LogP contribution in [0.15, 0.2) is 16.9 Å². The van der Waals surface area contributed by atoms with E-state index in [1.54, 1.807) is 13.8 Å². The molecule has 0 saturated carbocycles. The van der Waals surface area contributed by atoms with Gasteiger partial charge in [0.15, 0.2) is 10.8 Å². The number of esters is 1. The summed E-state index contributed by atoms with van der Waals surface area (Å²) in [5.74, 6) is -0.872. The van der Waals surface area contributed by atoms with E-state index in [2.05, 4.69) is 15.0 Å². The number of methoxy groups -OCH3 is 1. The average molecular weight is 365 g/mol. The Bertz CT molecular complexity index is 856. The highest BCUT2D eigenvalue weighted by Gasteiger charge is 2.17. The number of nitrogens with zero attached hydrogens (tertiary/aromatic N) is 2. The van der Waals surface area contributed by atoms with Gasteiger partial charge >= 0.3 is 5.97 Å². The third-order valence-corrected chi connectivity index (χ3v) is 4.41. The number of ether oxygens (including phenoxy) is 1. The molecule has 0 aliphatic rings. The molecule has 2 heterocycles. The topological polar surface area (TPSA) is 111 Å². The Morgan fingerprint density at radius 1 is 1.36 bits per heavy atom. The van der Waals surface area contributed by atoms with E-state index in [9.17, 15) is 19.5 Å². The van der Waals surface area contributed by atoms with Gasteiger partial charge in [-0.3, -0.25) is 9.59 Å². The van der Waals surface area contributed by atoms with Crippen LogP contribution in [0.1, 0.15) is 33.9 Å². The summed E-state index contributed by atoms with van der Waals surface area (Å²) < 4.78 is 6.12. The third kappa shape index (κ3) is 4.66. The smallest absolute Gasteiger partial charge is 0.357 e. The fourth-order valence-corrected chi connectivity index (χ4v) is 3.13. The fourth-order valence-electron chi connectivity index (χ4n) is 2.31. The zero-order valence-corrected chi connectivity index (χ0v) is 15.0. The minimum Gasteiger partial charge on any atom is -0.508 e. The number of aromatic nitrogens is 2. The van der Waals surface area contributed by atoms with Crippen LogP contribution in [0, 0.1) is 13.8 Å². The monoisotopic (exact) mass is 365 g/mol. The summed E-state index contributed by atoms with van der Waals surface area (Å²) in [6, 6.07) is 2.63. The van der Waals surface area contributed by atoms with Gasteiger partial charge in [-0.15, -0.1) is 11.3 Å². The first-order valence-electron chi connectivity index (χ1n) is 7.58. The summed E-state index contributed by atoms with van der Waals surface area (Å²) >= 11 is 1.20. The lowest BCUT2D eigenvalue weighted by Crippen LogP contribution is -2.22. The summed E-state index contributed by atoms with van der Waals surface area (Å²) in [5, 5.41) is 12.3. The zero-order chi connectivity index (χ0) is 18.6. The summed E-state index contributed by atoms with van der Waals surface area (Å²) in [7, 11) is 1.27. The Balaban J connectivity index is 1.92. The Morgan fingerprint density at radius 3 is 2.72 bits per heavy atom. The molecule has 1 amide bonds. The van der Waals surface area contributed by atoms with Crippen LogP contribution in [0.25, 0.3) is 0 Å². The molecule has 134 valence electrons. The van der Waals surface area contributed by atoms with Gasteiger partial charge in [-0.2, -0.15) is 0 Å². The van der Waals surface area contributed by atoms with Crippen molar-refractivity contribution in [3.05, 3.63) is 38.8 Å². The lowest BCUT2D eigenvalue weighted by atomic mass is 10.2. The number of aryl methyl sites for hydroxylation is 2. The van der Waals surface area contributed by atoms with Crippen LogP contribution in [-0.4, -0.2) is 33.6 Å². The SMILES string of the molecule is COC(=O)c1nc(NC(=O)CCCn2c(C)cc(O)cc2=O)sc1C. The van der Waals surface area contributed by atoms with Crippen molar-refractivity contribution in [1.29, 1.82) is 0 Å². The van der Waals surface area contributed by atoms with Crippen LogP contribution in [-0.2, 0) is 16.1 Å². The predicted molar refractivity (Wildman–Crippen MR) is 93.2 cm³/mol. The lowest BCUT2D eigenvalue weighted by Gasteiger charge is -2.09. The maximum atomic E-state index is 12.0. The number of rotatable bonds is 6. The summed E-state index contributed by atoms with van der Waals surface area (Å²) in [6.45, 7) is 3.80. The number of pyridine rings is 1. The molecule has 2 aromatic rings. The maximum Gasteiger partial charge on any atom is 0.357 e. The van der Waals surface area contributed by atoms with Crippen molar-refractivity contribution >= 4 is 28.3 Å². The molecule has 25 heavy (non-hydrogen) atoms. The number of nitrogens with one attached hydrogen (secondary N) is 1. The highest BCUT2D eigenvalue weighted by atomic mass is 32.1. The van der Waals surface area contributed by atoms with E-state index in [1.165, 1.54) is 29.1 Å². The van der Waals surface area contributed by atoms with Gasteiger partial charge in [-0.1, -0.05) is 0 Å². The molecule has 0 aliphatic heterocycles. The maximum absolute atomic E-state index is 12.0. The predicted octanol–water partition coefficient (Wildman–Crippen LogP) is 1.83. The number of carbonyl (C=O) groups excluding carboxylic acids is 2. The van der Waals surface area contributed by atoms with Gasteiger partial charge in [-0.25, -0.2) is 9.78 Å². The van der Waals surface area contributed by atoms with Crippen molar-refractivity contribution in [2.45, 2.75) is 33.2 Å². The molecule has 0 saturated heterocycles. The van der Waals surface area contributed by atoms with E-state index in [-0.39, 0.29) is 29.3 Å². The fraction of sp³-hybridized carbons (Fsp3) is 0.375. The summed E-state index contributed by atoms with van der Waals surface area (Å²) in [4.78, 5) is 40.0. The van der Waals surface area contributed by atoms with Gasteiger partial charge in [0, 0.05) is 29.6 Å². The van der Waals surface area contributed by atoms with Crippen LogP contribution in [0.2, 0.25) is 0 Å². The molecule has 0 spiro atoms. The number of thiazole rings is 1. The summed E-state index contributed by atoms with van der Waals surface area (Å²) in [5.41, 5.74) is 0.508. The second kappa shape index (κ2) is 7.93. The van der Waals surface area contributed by atoms with Crippen molar-refractivity contribution in [2.24, 2.45) is 0 Å². The van der Waals surface area contributed by atoms with Crippen LogP contribution in [0.5, 0.6) is 5.75 Å². The molecular formula is C16H19N3O5S. The minimum atomic E-state index is -0.545. The van der Waals surface area contributed by atoms with Gasteiger partial charge in [-0.05, 0) is 26.3 Å². The van der Waals surface area contributed by atoms with E-state index in [4.69, 9.17) is 0 Å². The number of amides is 1. The standard InChI is InChI=1S/C16H19N3O5S/c1-9-7-11(20)8-13(22)19(9)6-4-5-12(21)17-16-18-14(10(2)25-16)15(23)24-3/h7-8,20H,4-6H2,1-3H3,(H,17,18,21). The van der Waals surface area contributed by atoms with Crippen molar-refractivity contribution in [3.8, 4) is 5.75 Å². The van der Waals surface area contributed by atoms with Gasteiger partial charge < -0.3 is 19.7 Å². The quantitative estimate of drug-likeness (QED) is 0.756. The van der Waals surface area contributed by atoms with Crippen LogP contribution in [0.4, 0.5) is 5.13 Å². The number of carbonyl (C=O) groups is 2. The first-order valence-corrected chi connectivity index (χ1v) is 8.39. The third-order valence-electron chi connectivity index (χ3n) is 3.53. The number of aromatic hydroxyl groups is 1. The zero-order valence-electron chi connectivity index (χ0n) is 14.2. The second-order valence-corrected chi connectivity index (χ2v) is 6.62. The molecule has 0 bridgehead atoms. The Hall–Kier alpha value is -2.68. The molecule has 0 aliphatic carbocycles. The lowest BCUT2D eigenvalue weighted by molar-refractivity contribution is -0.116. The molecular weight excluding hydrogens is 346 g/mol. The van der Waals surface area contributed by atoms with E-state index in [1.807, 2.05) is 0 Å². The first-order chi connectivity index (χ1) is 11.8. The number of hydrogen-bond donors (Lipinski definition) is 2. The Kier molecular flexibility index (Phi) is 5.92. The average Bonchev–Trinajstić information content (AvgIpc) is 2.89. The van der Waals surface area contributed by atoms with Crippen molar-refractivity contribution < 1.29 is 19.4 Å². The highest BCUT2D eigenvalue weighted by Crippen LogP contribution is 2.22. The molecule has 0 radical (unpaired) electrons. The molecule has 8 nitrogen and oxygen atoms in total. The molecule has 0 aromatic carbocycles. The minimum absolute atomic E-state index is 0.0722. The van der Waals surface area contributed by atoms with Crippen LogP contribution < -0.4 is 10.9 Å². The highest BCUT2D eigenvalue weighted by molar-refractivity contribution is 7.16. The molecule has 9 heteroatoms. The van der Waals surface area contributed by atoms with Crippen molar-refractivity contribution in [2.75, 3.05) is 12.4 Å². The number of hydrogen-bond acceptors (Lipinski definition) is 7. The van der Waals surface area contributed by atoms with Gasteiger partial charge in [0.2, 0.25) is 5.91 Å². The van der Waals surface area contributed by atoms with E-state index >= 15 is 0 Å². The van der Waals surface area contributed by atoms with Crippen molar-refractivity contribution in [3.63, 3.8) is 0 Å². The van der Waals surface area contributed by atoms with Crippen LogP contribution in [0.3, 0.4) is 0 Å². The van der Waals surface area contributed by atoms with E-state index < -0.39 is 5.97 Å². The molecule has 2 rings (SSSR count). The molecule has 2 aromatic heterocycles. The molecule has 2 N–H and O–H groups in total. The Labute approximate surface area is 148 Å². The van der Waals surface area contributed by atoms with Gasteiger partial charge in [0.1, 0.15) is 5.75 Å². The van der Waals surface area contributed by atoms with Crippen molar-refractivity contribution in [1.82, 2.24) is 9.55 Å². The molecule has 0 unspecified atom stereocenters. The second-order valence-electron chi connectivity index (χ2n) is 5.41. The normalized spacial score (nSPS) is 10.5. The van der Waals surface area contributed by atoms with Gasteiger partial charge in [0.05, 0.1) is 7.11 Å². The summed E-state index contributed by atoms with van der Waals surface area (Å²) in [6.07, 6.45) is 0.643. The van der Waals surface area contributed by atoms with Gasteiger partial charge in [0.25, 0.3) is 5.56 Å². The van der Waals surface area contributed by atoms with Crippen LogP contribution >= 0.6 is 11.3 Å². The Morgan fingerprint density at radius 2 is 2.08 bits per heavy atom.